The van der Waals surface area contributed by atoms with Crippen molar-refractivity contribution in [2.45, 2.75) is 19.9 Å². The average Bonchev–Trinajstić information content (AvgIpc) is 2.62. The Morgan fingerprint density at radius 2 is 1.93 bits per heavy atom. The van der Waals surface area contributed by atoms with E-state index in [-0.39, 0.29) is 17.1 Å². The second kappa shape index (κ2) is 8.66. The van der Waals surface area contributed by atoms with Crippen molar-refractivity contribution in [1.29, 1.82) is 0 Å². The van der Waals surface area contributed by atoms with E-state index in [2.05, 4.69) is 5.32 Å². The summed E-state index contributed by atoms with van der Waals surface area (Å²) in [5.41, 5.74) is 0.479. The van der Waals surface area contributed by atoms with Crippen LogP contribution in [0.5, 0.6) is 5.75 Å². The highest BCUT2D eigenvalue weighted by Crippen LogP contribution is 2.31. The van der Waals surface area contributed by atoms with Gasteiger partial charge in [0.15, 0.2) is 0 Å². The van der Waals surface area contributed by atoms with Crippen LogP contribution in [-0.2, 0) is 14.8 Å². The third-order valence-corrected chi connectivity index (χ3v) is 5.61. The number of non-ortho nitro benzene ring substituents is 1. The molecule has 0 aliphatic heterocycles. The van der Waals surface area contributed by atoms with E-state index in [4.69, 9.17) is 16.3 Å². The molecule has 11 heteroatoms. The standard InChI is InChI=1S/C18H20ClN3O6S/c1-11-5-7-14(22(24)25)10-16(11)21(29(4,26)27)12(2)18(23)20-15-9-13(19)6-8-17(15)28-3/h5-10,12H,1-4H3,(H,20,23). The number of sulfonamides is 1. The monoisotopic (exact) mass is 441 g/mol. The maximum absolute atomic E-state index is 12.8. The first kappa shape index (κ1) is 22.4. The van der Waals surface area contributed by atoms with Crippen molar-refractivity contribution >= 4 is 44.6 Å². The Morgan fingerprint density at radius 1 is 1.28 bits per heavy atom. The van der Waals surface area contributed by atoms with Crippen molar-refractivity contribution in [2.75, 3.05) is 23.0 Å². The van der Waals surface area contributed by atoms with Gasteiger partial charge in [0.2, 0.25) is 15.9 Å². The fraction of sp³-hybridized carbons (Fsp3) is 0.278. The van der Waals surface area contributed by atoms with Crippen LogP contribution in [0.1, 0.15) is 12.5 Å². The van der Waals surface area contributed by atoms with Crippen LogP contribution in [0.15, 0.2) is 36.4 Å². The number of nitro groups is 1. The van der Waals surface area contributed by atoms with E-state index in [1.165, 1.54) is 32.2 Å². The molecule has 2 rings (SSSR count). The van der Waals surface area contributed by atoms with Gasteiger partial charge in [0, 0.05) is 17.2 Å². The molecule has 0 aromatic heterocycles. The number of benzene rings is 2. The zero-order valence-electron chi connectivity index (χ0n) is 16.2. The number of nitrogens with one attached hydrogen (secondary N) is 1. The number of carbonyl (C=O) groups is 1. The molecule has 0 saturated carbocycles. The number of hydrogen-bond donors (Lipinski definition) is 1. The predicted molar refractivity (Wildman–Crippen MR) is 111 cm³/mol. The van der Waals surface area contributed by atoms with Crippen LogP contribution in [0.2, 0.25) is 5.02 Å². The third-order valence-electron chi connectivity index (χ3n) is 4.15. The Morgan fingerprint density at radius 3 is 2.48 bits per heavy atom. The van der Waals surface area contributed by atoms with Crippen LogP contribution >= 0.6 is 11.6 Å². The largest absolute Gasteiger partial charge is 0.495 e. The fourth-order valence-corrected chi connectivity index (χ4v) is 4.14. The minimum Gasteiger partial charge on any atom is -0.495 e. The Hall–Kier alpha value is -2.85. The molecule has 0 radical (unpaired) electrons. The molecule has 0 fully saturated rings. The number of nitrogens with zero attached hydrogens (tertiary/aromatic N) is 2. The summed E-state index contributed by atoms with van der Waals surface area (Å²) in [6.07, 6.45) is 0.926. The number of anilines is 2. The molecule has 0 bridgehead atoms. The SMILES string of the molecule is COc1ccc(Cl)cc1NC(=O)C(C)N(c1cc([N+](=O)[O-])ccc1C)S(C)(=O)=O. The molecule has 2 aromatic carbocycles. The van der Waals surface area contributed by atoms with E-state index >= 15 is 0 Å². The lowest BCUT2D eigenvalue weighted by atomic mass is 10.1. The number of halogens is 1. The number of methoxy groups -OCH3 is 1. The summed E-state index contributed by atoms with van der Waals surface area (Å²) < 4.78 is 31.0. The quantitative estimate of drug-likeness (QED) is 0.519. The van der Waals surface area contributed by atoms with Gasteiger partial charge in [-0.15, -0.1) is 0 Å². The summed E-state index contributed by atoms with van der Waals surface area (Å²) in [5.74, 6) is -0.325. The average molecular weight is 442 g/mol. The highest BCUT2D eigenvalue weighted by molar-refractivity contribution is 7.92. The molecule has 9 nitrogen and oxygen atoms in total. The van der Waals surface area contributed by atoms with Crippen LogP contribution in [0.25, 0.3) is 0 Å². The molecule has 0 heterocycles. The second-order valence-corrected chi connectivity index (χ2v) is 8.59. The summed E-state index contributed by atoms with van der Waals surface area (Å²) in [6, 6.07) is 7.21. The van der Waals surface area contributed by atoms with E-state index in [0.29, 0.717) is 16.3 Å². The Labute approximate surface area is 173 Å². The van der Waals surface area contributed by atoms with Crippen molar-refractivity contribution in [2.24, 2.45) is 0 Å². The Bertz CT molecular complexity index is 1060. The van der Waals surface area contributed by atoms with E-state index in [0.717, 1.165) is 16.6 Å². The van der Waals surface area contributed by atoms with Gasteiger partial charge in [0.05, 0.1) is 29.7 Å². The number of carbonyl (C=O) groups excluding carboxylic acids is 1. The Kier molecular flexibility index (Phi) is 6.70. The lowest BCUT2D eigenvalue weighted by Gasteiger charge is -2.29. The van der Waals surface area contributed by atoms with Gasteiger partial charge in [-0.05, 0) is 37.6 Å². The van der Waals surface area contributed by atoms with Gasteiger partial charge in [-0.25, -0.2) is 8.42 Å². The van der Waals surface area contributed by atoms with E-state index in [9.17, 15) is 23.3 Å². The van der Waals surface area contributed by atoms with E-state index in [1.807, 2.05) is 0 Å². The number of aryl methyl sites for hydroxylation is 1. The molecule has 1 unspecified atom stereocenters. The van der Waals surface area contributed by atoms with Crippen molar-refractivity contribution in [1.82, 2.24) is 0 Å². The van der Waals surface area contributed by atoms with Gasteiger partial charge in [-0.1, -0.05) is 17.7 Å². The van der Waals surface area contributed by atoms with Crippen molar-refractivity contribution < 1.29 is 22.9 Å². The summed E-state index contributed by atoms with van der Waals surface area (Å²) in [7, 11) is -2.54. The molecule has 0 saturated heterocycles. The van der Waals surface area contributed by atoms with Crippen molar-refractivity contribution in [3.05, 3.63) is 57.1 Å². The van der Waals surface area contributed by atoms with Crippen LogP contribution in [-0.4, -0.2) is 38.7 Å². The number of rotatable bonds is 7. The number of amides is 1. The molecular weight excluding hydrogens is 422 g/mol. The molecule has 0 aliphatic rings. The van der Waals surface area contributed by atoms with Gasteiger partial charge in [0.1, 0.15) is 11.8 Å². The molecule has 1 atom stereocenters. The topological polar surface area (TPSA) is 119 Å². The second-order valence-electron chi connectivity index (χ2n) is 6.30. The molecule has 156 valence electrons. The summed E-state index contributed by atoms with van der Waals surface area (Å²) in [5, 5.41) is 14.1. The lowest BCUT2D eigenvalue weighted by molar-refractivity contribution is -0.384. The fourth-order valence-electron chi connectivity index (χ4n) is 2.74. The van der Waals surface area contributed by atoms with Gasteiger partial charge < -0.3 is 10.1 Å². The maximum Gasteiger partial charge on any atom is 0.271 e. The maximum atomic E-state index is 12.8. The summed E-state index contributed by atoms with van der Waals surface area (Å²) >= 11 is 5.96. The normalized spacial score (nSPS) is 12.2. The first-order valence-corrected chi connectivity index (χ1v) is 10.6. The van der Waals surface area contributed by atoms with Crippen LogP contribution in [0, 0.1) is 17.0 Å². The zero-order chi connectivity index (χ0) is 21.9. The first-order chi connectivity index (χ1) is 13.5. The molecule has 2 aromatic rings. The summed E-state index contributed by atoms with van der Waals surface area (Å²) in [4.78, 5) is 23.3. The summed E-state index contributed by atoms with van der Waals surface area (Å²) in [6.45, 7) is 2.98. The minimum absolute atomic E-state index is 0.0439. The van der Waals surface area contributed by atoms with Crippen LogP contribution < -0.4 is 14.4 Å². The van der Waals surface area contributed by atoms with Gasteiger partial charge in [0.25, 0.3) is 5.69 Å². The van der Waals surface area contributed by atoms with Crippen LogP contribution in [0.3, 0.4) is 0 Å². The molecule has 1 N–H and O–H groups in total. The Balaban J connectivity index is 2.47. The molecule has 29 heavy (non-hydrogen) atoms. The number of ether oxygens (including phenoxy) is 1. The highest BCUT2D eigenvalue weighted by atomic mass is 35.5. The molecule has 0 spiro atoms. The molecule has 0 aliphatic carbocycles. The third kappa shape index (κ3) is 5.15. The number of nitro benzene ring substituents is 1. The number of hydrogen-bond acceptors (Lipinski definition) is 6. The highest BCUT2D eigenvalue weighted by Gasteiger charge is 2.31. The van der Waals surface area contributed by atoms with Gasteiger partial charge in [-0.3, -0.25) is 19.2 Å². The van der Waals surface area contributed by atoms with Gasteiger partial charge >= 0.3 is 0 Å². The lowest BCUT2D eigenvalue weighted by Crippen LogP contribution is -2.45. The van der Waals surface area contributed by atoms with Gasteiger partial charge in [-0.2, -0.15) is 0 Å². The molecular formula is C18H20ClN3O6S. The predicted octanol–water partition coefficient (Wildman–Crippen LogP) is 3.36. The van der Waals surface area contributed by atoms with E-state index in [1.54, 1.807) is 19.1 Å². The van der Waals surface area contributed by atoms with Crippen molar-refractivity contribution in [3.8, 4) is 5.75 Å². The zero-order valence-corrected chi connectivity index (χ0v) is 17.7. The molecule has 1 amide bonds. The smallest absolute Gasteiger partial charge is 0.271 e. The minimum atomic E-state index is -3.95. The van der Waals surface area contributed by atoms with E-state index < -0.39 is 26.9 Å². The first-order valence-electron chi connectivity index (χ1n) is 8.34. The van der Waals surface area contributed by atoms with Crippen LogP contribution in [0.4, 0.5) is 17.1 Å². The van der Waals surface area contributed by atoms with Crippen molar-refractivity contribution in [3.63, 3.8) is 0 Å².